The van der Waals surface area contributed by atoms with Crippen molar-refractivity contribution in [2.45, 2.75) is 0 Å². The van der Waals surface area contributed by atoms with Gasteiger partial charge in [0.1, 0.15) is 29.3 Å². The molecule has 0 fully saturated rings. The number of carbonyl (C=O) groups is 1. The number of nitrogens with zero attached hydrogens (tertiary/aromatic N) is 3. The lowest BCUT2D eigenvalue weighted by atomic mass is 9.91. The highest BCUT2D eigenvalue weighted by Gasteiger charge is 2.40. The van der Waals surface area contributed by atoms with Gasteiger partial charge in [-0.15, -0.1) is 0 Å². The van der Waals surface area contributed by atoms with Crippen LogP contribution in [0.25, 0.3) is 22.4 Å². The summed E-state index contributed by atoms with van der Waals surface area (Å²) in [6, 6.07) is 15.8. The van der Waals surface area contributed by atoms with Gasteiger partial charge in [0.2, 0.25) is 0 Å². The van der Waals surface area contributed by atoms with Crippen LogP contribution in [0.15, 0.2) is 65.9 Å². The molecule has 3 aromatic rings. The number of Topliss-reactive ketones (excluding diaryl/α,β-unsaturated/α-hetero) is 1. The summed E-state index contributed by atoms with van der Waals surface area (Å²) in [5, 5.41) is 19.0. The van der Waals surface area contributed by atoms with Gasteiger partial charge in [-0.05, 0) is 17.7 Å². The molecule has 0 unspecified atom stereocenters. The molecule has 0 amide bonds. The molecule has 30 heavy (non-hydrogen) atoms. The predicted octanol–water partition coefficient (Wildman–Crippen LogP) is 4.84. The van der Waals surface area contributed by atoms with Crippen molar-refractivity contribution in [2.75, 3.05) is 0 Å². The monoisotopic (exact) mass is 393 g/mol. The Balaban J connectivity index is 1.99. The van der Waals surface area contributed by atoms with Crippen LogP contribution in [-0.2, 0) is 0 Å². The molecule has 0 N–H and O–H groups in total. The molecule has 2 aliphatic rings. The number of aromatic nitrogens is 1. The smallest absolute Gasteiger partial charge is 0.195 e. The molecule has 0 bridgehead atoms. The second-order valence-corrected chi connectivity index (χ2v) is 6.81. The van der Waals surface area contributed by atoms with Crippen LogP contribution in [-0.4, -0.2) is 10.8 Å². The Hall–Kier alpha value is -4.42. The van der Waals surface area contributed by atoms with Gasteiger partial charge in [0.15, 0.2) is 5.78 Å². The van der Waals surface area contributed by atoms with Crippen LogP contribution in [0.2, 0.25) is 0 Å². The summed E-state index contributed by atoms with van der Waals surface area (Å²) in [7, 11) is 0. The molecule has 0 saturated heterocycles. The molecule has 0 saturated carbocycles. The summed E-state index contributed by atoms with van der Waals surface area (Å²) in [6.07, 6.45) is 1.62. The molecule has 5 rings (SSSR count). The first-order valence-electron chi connectivity index (χ1n) is 8.95. The van der Waals surface area contributed by atoms with Crippen LogP contribution in [0.1, 0.15) is 27.0 Å². The first-order valence-corrected chi connectivity index (χ1v) is 8.95. The van der Waals surface area contributed by atoms with E-state index in [-0.39, 0.29) is 22.3 Å². The lowest BCUT2D eigenvalue weighted by Crippen LogP contribution is -2.01. The van der Waals surface area contributed by atoms with Gasteiger partial charge in [-0.2, -0.15) is 10.5 Å². The van der Waals surface area contributed by atoms with Gasteiger partial charge in [0.25, 0.3) is 0 Å². The van der Waals surface area contributed by atoms with Gasteiger partial charge >= 0.3 is 0 Å². The molecule has 4 nitrogen and oxygen atoms in total. The van der Waals surface area contributed by atoms with Gasteiger partial charge < -0.3 is 0 Å². The zero-order valence-corrected chi connectivity index (χ0v) is 15.2. The van der Waals surface area contributed by atoms with E-state index in [9.17, 15) is 24.1 Å². The quantitative estimate of drug-likeness (QED) is 0.316. The van der Waals surface area contributed by atoms with Crippen molar-refractivity contribution in [3.63, 3.8) is 0 Å². The number of fused-ring (bicyclic) bond motifs is 4. The zero-order valence-electron chi connectivity index (χ0n) is 15.2. The lowest BCUT2D eigenvalue weighted by molar-refractivity contribution is 0.104. The van der Waals surface area contributed by atoms with Gasteiger partial charge in [0, 0.05) is 51.2 Å². The molecular weight excluding hydrogens is 384 g/mol. The third-order valence-electron chi connectivity index (χ3n) is 5.28. The Kier molecular flexibility index (Phi) is 3.71. The maximum absolute atomic E-state index is 14.8. The fourth-order valence-electron chi connectivity index (χ4n) is 4.15. The summed E-state index contributed by atoms with van der Waals surface area (Å²) < 4.78 is 28.7. The second-order valence-electron chi connectivity index (χ2n) is 6.81. The number of hydrogen-bond donors (Lipinski definition) is 0. The standard InChI is InChI=1S/C24H9F2N3O/c25-13-8-17-21(18(26)9-13)19(12(10-27)11-28)22(24(17)30)20-14-4-1-2-5-15(14)23-16(20)6-3-7-29-23/h1-9H/b22-20-. The summed E-state index contributed by atoms with van der Waals surface area (Å²) in [4.78, 5) is 17.8. The van der Waals surface area contributed by atoms with E-state index in [1.54, 1.807) is 42.6 Å². The predicted molar refractivity (Wildman–Crippen MR) is 105 cm³/mol. The van der Waals surface area contributed by atoms with Crippen LogP contribution in [0.4, 0.5) is 8.78 Å². The zero-order chi connectivity index (χ0) is 21.0. The van der Waals surface area contributed by atoms with E-state index in [0.29, 0.717) is 28.5 Å². The third kappa shape index (κ3) is 2.22. The van der Waals surface area contributed by atoms with E-state index < -0.39 is 23.0 Å². The Morgan fingerprint density at radius 2 is 1.57 bits per heavy atom. The first-order chi connectivity index (χ1) is 14.6. The SMILES string of the molecule is N#CC(C#N)=C1/C(=C2\c3ccccc3-c3ncccc32)C(=O)c2cc(F)cc(F)c21. The number of carbonyl (C=O) groups excluding carboxylic acids is 1. The molecular formula is C24H9F2N3O. The van der Waals surface area contributed by atoms with E-state index >= 15 is 0 Å². The Bertz CT molecular complexity index is 1390. The number of nitriles is 2. The number of allylic oxidation sites excluding steroid dienone is 3. The summed E-state index contributed by atoms with van der Waals surface area (Å²) in [5.41, 5.74) is 2.23. The summed E-state index contributed by atoms with van der Waals surface area (Å²) >= 11 is 0. The normalized spacial score (nSPS) is 15.9. The Morgan fingerprint density at radius 3 is 2.30 bits per heavy atom. The van der Waals surface area contributed by atoms with Gasteiger partial charge in [0.05, 0.1) is 5.69 Å². The van der Waals surface area contributed by atoms with Crippen molar-refractivity contribution in [3.8, 4) is 23.4 Å². The largest absolute Gasteiger partial charge is 0.289 e. The minimum Gasteiger partial charge on any atom is -0.289 e. The highest BCUT2D eigenvalue weighted by atomic mass is 19.1. The molecule has 0 aliphatic heterocycles. The van der Waals surface area contributed by atoms with E-state index in [1.807, 2.05) is 12.1 Å². The van der Waals surface area contributed by atoms with Crippen molar-refractivity contribution < 1.29 is 13.6 Å². The van der Waals surface area contributed by atoms with Crippen LogP contribution in [0.5, 0.6) is 0 Å². The Morgan fingerprint density at radius 1 is 0.867 bits per heavy atom. The second kappa shape index (κ2) is 6.30. The highest BCUT2D eigenvalue weighted by Crippen LogP contribution is 2.51. The van der Waals surface area contributed by atoms with Gasteiger partial charge in [-0.3, -0.25) is 9.78 Å². The third-order valence-corrected chi connectivity index (χ3v) is 5.28. The lowest BCUT2D eigenvalue weighted by Gasteiger charge is -2.09. The number of benzene rings is 2. The van der Waals surface area contributed by atoms with Crippen molar-refractivity contribution in [1.29, 1.82) is 10.5 Å². The topological polar surface area (TPSA) is 77.5 Å². The number of pyridine rings is 1. The molecule has 6 heteroatoms. The molecule has 0 spiro atoms. The minimum atomic E-state index is -0.996. The van der Waals surface area contributed by atoms with Crippen LogP contribution < -0.4 is 0 Å². The maximum Gasteiger partial charge on any atom is 0.195 e. The fraction of sp³-hybridized carbons (Fsp3) is 0. The molecule has 0 atom stereocenters. The van der Waals surface area contributed by atoms with Crippen molar-refractivity contribution in [3.05, 3.63) is 99.8 Å². The summed E-state index contributed by atoms with van der Waals surface area (Å²) in [5.74, 6) is -2.54. The minimum absolute atomic E-state index is 0.00630. The maximum atomic E-state index is 14.8. The fourth-order valence-corrected chi connectivity index (χ4v) is 4.15. The molecule has 2 aromatic carbocycles. The van der Waals surface area contributed by atoms with Gasteiger partial charge in [-0.1, -0.05) is 30.3 Å². The molecule has 2 aliphatic carbocycles. The van der Waals surface area contributed by atoms with Crippen LogP contribution in [0.3, 0.4) is 0 Å². The highest BCUT2D eigenvalue weighted by molar-refractivity contribution is 6.33. The van der Waals surface area contributed by atoms with E-state index in [2.05, 4.69) is 4.98 Å². The van der Waals surface area contributed by atoms with Crippen LogP contribution in [0, 0.1) is 34.3 Å². The van der Waals surface area contributed by atoms with Gasteiger partial charge in [-0.25, -0.2) is 8.78 Å². The van der Waals surface area contributed by atoms with E-state index in [0.717, 1.165) is 11.6 Å². The molecule has 1 heterocycles. The average molecular weight is 393 g/mol. The molecule has 140 valence electrons. The first kappa shape index (κ1) is 17.7. The number of halogens is 2. The van der Waals surface area contributed by atoms with Crippen molar-refractivity contribution >= 4 is 16.9 Å². The molecule has 1 aromatic heterocycles. The molecule has 0 radical (unpaired) electrons. The van der Waals surface area contributed by atoms with Crippen molar-refractivity contribution in [1.82, 2.24) is 4.98 Å². The number of ketones is 1. The Labute approximate surface area is 169 Å². The average Bonchev–Trinajstić information content (AvgIpc) is 3.22. The van der Waals surface area contributed by atoms with E-state index in [1.165, 1.54) is 0 Å². The number of rotatable bonds is 0. The van der Waals surface area contributed by atoms with Crippen molar-refractivity contribution in [2.24, 2.45) is 0 Å². The van der Waals surface area contributed by atoms with E-state index in [4.69, 9.17) is 0 Å². The summed E-state index contributed by atoms with van der Waals surface area (Å²) in [6.45, 7) is 0. The number of hydrogen-bond acceptors (Lipinski definition) is 4. The van der Waals surface area contributed by atoms with Crippen LogP contribution >= 0.6 is 0 Å².